The third kappa shape index (κ3) is 5.03. The van der Waals surface area contributed by atoms with E-state index in [1.165, 1.54) is 11.1 Å². The third-order valence-corrected chi connectivity index (χ3v) is 7.24. The highest BCUT2D eigenvalue weighted by atomic mass is 16.5. The summed E-state index contributed by atoms with van der Waals surface area (Å²) in [6.07, 6.45) is 0.822. The summed E-state index contributed by atoms with van der Waals surface area (Å²) in [5.41, 5.74) is 4.70. The smallest absolute Gasteiger partial charge is 0.407 e. The number of aliphatic carboxylic acids is 1. The molecular formula is C27H30N2O6. The number of rotatable bonds is 8. The van der Waals surface area contributed by atoms with Gasteiger partial charge in [0.25, 0.3) is 5.91 Å². The van der Waals surface area contributed by atoms with E-state index in [1.807, 2.05) is 24.3 Å². The summed E-state index contributed by atoms with van der Waals surface area (Å²) < 4.78 is 11.4. The summed E-state index contributed by atoms with van der Waals surface area (Å²) in [4.78, 5) is 37.4. The lowest BCUT2D eigenvalue weighted by atomic mass is 9.94. The summed E-state index contributed by atoms with van der Waals surface area (Å²) in [6.45, 7) is 1.73. The zero-order chi connectivity index (χ0) is 24.4. The number of nitrogens with zero attached hydrogens (tertiary/aromatic N) is 1. The van der Waals surface area contributed by atoms with Gasteiger partial charge < -0.3 is 24.8 Å². The van der Waals surface area contributed by atoms with Gasteiger partial charge in [0, 0.05) is 32.0 Å². The van der Waals surface area contributed by atoms with Gasteiger partial charge in [-0.3, -0.25) is 9.59 Å². The highest BCUT2D eigenvalue weighted by Crippen LogP contribution is 2.44. The quantitative estimate of drug-likeness (QED) is 0.603. The van der Waals surface area contributed by atoms with Crippen molar-refractivity contribution in [2.24, 2.45) is 5.92 Å². The second-order valence-electron chi connectivity index (χ2n) is 9.57. The molecule has 0 bridgehead atoms. The second-order valence-corrected chi connectivity index (χ2v) is 9.57. The first kappa shape index (κ1) is 23.4. The minimum Gasteiger partial charge on any atom is -0.481 e. The average Bonchev–Trinajstić information content (AvgIpc) is 3.43. The molecule has 2 aromatic carbocycles. The van der Waals surface area contributed by atoms with Crippen LogP contribution in [0.2, 0.25) is 0 Å². The molecule has 5 rings (SSSR count). The Morgan fingerprint density at radius 3 is 2.31 bits per heavy atom. The number of carbonyl (C=O) groups excluding carboxylic acids is 2. The molecule has 2 aromatic rings. The van der Waals surface area contributed by atoms with E-state index in [1.54, 1.807) is 4.90 Å². The summed E-state index contributed by atoms with van der Waals surface area (Å²) in [5.74, 6) is -0.586. The fourth-order valence-corrected chi connectivity index (χ4v) is 5.35. The van der Waals surface area contributed by atoms with Gasteiger partial charge in [-0.1, -0.05) is 48.5 Å². The van der Waals surface area contributed by atoms with Crippen molar-refractivity contribution in [3.8, 4) is 11.1 Å². The Kier molecular flexibility index (Phi) is 6.72. The van der Waals surface area contributed by atoms with Crippen LogP contribution >= 0.6 is 0 Å². The molecule has 2 saturated heterocycles. The Morgan fingerprint density at radius 2 is 1.66 bits per heavy atom. The lowest BCUT2D eigenvalue weighted by Gasteiger charge is -2.40. The van der Waals surface area contributed by atoms with Gasteiger partial charge in [-0.2, -0.15) is 0 Å². The van der Waals surface area contributed by atoms with Crippen molar-refractivity contribution < 1.29 is 29.0 Å². The topological polar surface area (TPSA) is 105 Å². The number of hydrogen-bond donors (Lipinski definition) is 2. The molecule has 2 aliphatic heterocycles. The predicted molar refractivity (Wildman–Crippen MR) is 128 cm³/mol. The van der Waals surface area contributed by atoms with Crippen LogP contribution in [0.1, 0.15) is 42.7 Å². The Morgan fingerprint density at radius 1 is 1.00 bits per heavy atom. The van der Waals surface area contributed by atoms with E-state index in [0.717, 1.165) is 11.1 Å². The van der Waals surface area contributed by atoms with Crippen molar-refractivity contribution in [2.75, 3.05) is 26.2 Å². The van der Waals surface area contributed by atoms with Crippen LogP contribution in [0.4, 0.5) is 4.79 Å². The van der Waals surface area contributed by atoms with Gasteiger partial charge in [-0.05, 0) is 47.4 Å². The fraction of sp³-hybridized carbons (Fsp3) is 0.444. The molecule has 3 aliphatic rings. The molecule has 184 valence electrons. The summed E-state index contributed by atoms with van der Waals surface area (Å²) in [6, 6.07) is 16.4. The summed E-state index contributed by atoms with van der Waals surface area (Å²) in [7, 11) is 0. The second kappa shape index (κ2) is 10.1. The first-order valence-electron chi connectivity index (χ1n) is 12.2. The minimum absolute atomic E-state index is 0.00809. The number of fused-ring (bicyclic) bond motifs is 3. The van der Waals surface area contributed by atoms with E-state index in [0.29, 0.717) is 38.9 Å². The number of carbonyl (C=O) groups is 3. The van der Waals surface area contributed by atoms with E-state index >= 15 is 0 Å². The number of carboxylic acid groups (broad SMARTS) is 1. The zero-order valence-corrected chi connectivity index (χ0v) is 19.5. The average molecular weight is 479 g/mol. The molecule has 2 atom stereocenters. The van der Waals surface area contributed by atoms with Crippen molar-refractivity contribution >= 4 is 18.0 Å². The van der Waals surface area contributed by atoms with Crippen molar-refractivity contribution in [2.45, 2.75) is 43.8 Å². The number of amides is 2. The van der Waals surface area contributed by atoms with Crippen LogP contribution < -0.4 is 5.32 Å². The van der Waals surface area contributed by atoms with Crippen LogP contribution in [0, 0.1) is 5.92 Å². The molecule has 0 saturated carbocycles. The van der Waals surface area contributed by atoms with Gasteiger partial charge in [0.15, 0.2) is 0 Å². The number of benzene rings is 2. The van der Waals surface area contributed by atoms with Gasteiger partial charge in [0.1, 0.15) is 12.7 Å². The first-order chi connectivity index (χ1) is 17.0. The van der Waals surface area contributed by atoms with Crippen LogP contribution in [-0.2, 0) is 19.1 Å². The van der Waals surface area contributed by atoms with Gasteiger partial charge >= 0.3 is 12.1 Å². The molecule has 0 aromatic heterocycles. The van der Waals surface area contributed by atoms with E-state index in [-0.39, 0.29) is 36.9 Å². The van der Waals surface area contributed by atoms with E-state index in [2.05, 4.69) is 29.6 Å². The maximum Gasteiger partial charge on any atom is 0.407 e. The summed E-state index contributed by atoms with van der Waals surface area (Å²) in [5, 5.41) is 11.6. The number of carboxylic acids is 1. The molecule has 35 heavy (non-hydrogen) atoms. The molecule has 0 spiro atoms. The predicted octanol–water partition coefficient (Wildman–Crippen LogP) is 3.40. The normalized spacial score (nSPS) is 21.2. The number of nitrogens with one attached hydrogen (secondary N) is 1. The third-order valence-electron chi connectivity index (χ3n) is 7.24. The van der Waals surface area contributed by atoms with E-state index < -0.39 is 18.2 Å². The van der Waals surface area contributed by atoms with E-state index in [9.17, 15) is 14.4 Å². The van der Waals surface area contributed by atoms with Crippen molar-refractivity contribution in [3.63, 3.8) is 0 Å². The van der Waals surface area contributed by atoms with Crippen LogP contribution in [0.25, 0.3) is 11.1 Å². The van der Waals surface area contributed by atoms with Gasteiger partial charge in [-0.15, -0.1) is 0 Å². The van der Waals surface area contributed by atoms with Crippen LogP contribution in [-0.4, -0.2) is 66.4 Å². The number of likely N-dealkylation sites (tertiary alicyclic amines) is 1. The molecule has 0 radical (unpaired) electrons. The summed E-state index contributed by atoms with van der Waals surface area (Å²) >= 11 is 0. The van der Waals surface area contributed by atoms with Gasteiger partial charge in [0.05, 0.1) is 6.10 Å². The molecule has 2 fully saturated rings. The standard InChI is InChI=1S/C27H30N2O6/c30-25(31)12-9-17-14-29(15-17)26(32)24-11-10-18(35-24)13-28-27(33)34-16-23-21-7-3-1-5-19(21)20-6-2-4-8-22(20)23/h1-8,17-18,23-24H,9-16H2,(H,28,33)(H,30,31). The molecule has 2 N–H and O–H groups in total. The Bertz CT molecular complexity index is 1070. The molecular weight excluding hydrogens is 448 g/mol. The monoisotopic (exact) mass is 478 g/mol. The molecule has 1 aliphatic carbocycles. The highest BCUT2D eigenvalue weighted by molar-refractivity contribution is 5.82. The molecule has 8 heteroatoms. The minimum atomic E-state index is -0.805. The zero-order valence-electron chi connectivity index (χ0n) is 19.5. The lowest BCUT2D eigenvalue weighted by molar-refractivity contribution is -0.149. The van der Waals surface area contributed by atoms with E-state index in [4.69, 9.17) is 14.6 Å². The Labute approximate surface area is 204 Å². The molecule has 2 heterocycles. The molecule has 2 amide bonds. The number of hydrogen-bond acceptors (Lipinski definition) is 5. The van der Waals surface area contributed by atoms with Crippen molar-refractivity contribution in [1.29, 1.82) is 0 Å². The molecule has 8 nitrogen and oxygen atoms in total. The van der Waals surface area contributed by atoms with Gasteiger partial charge in [-0.25, -0.2) is 4.79 Å². The lowest BCUT2D eigenvalue weighted by Crippen LogP contribution is -2.53. The van der Waals surface area contributed by atoms with Crippen molar-refractivity contribution in [3.05, 3.63) is 59.7 Å². The Balaban J connectivity index is 1.05. The fourth-order valence-electron chi connectivity index (χ4n) is 5.35. The maximum absolute atomic E-state index is 12.6. The Hall–Kier alpha value is -3.39. The SMILES string of the molecule is O=C(O)CCC1CN(C(=O)C2CCC(CNC(=O)OCC3c4ccccc4-c4ccccc43)O2)C1. The van der Waals surface area contributed by atoms with Crippen LogP contribution in [0.5, 0.6) is 0 Å². The van der Waals surface area contributed by atoms with Gasteiger partial charge in [0.2, 0.25) is 0 Å². The van der Waals surface area contributed by atoms with Crippen LogP contribution in [0.3, 0.4) is 0 Å². The highest BCUT2D eigenvalue weighted by Gasteiger charge is 2.38. The maximum atomic E-state index is 12.6. The molecule has 2 unspecified atom stereocenters. The van der Waals surface area contributed by atoms with Crippen LogP contribution in [0.15, 0.2) is 48.5 Å². The largest absolute Gasteiger partial charge is 0.481 e. The van der Waals surface area contributed by atoms with Crippen molar-refractivity contribution in [1.82, 2.24) is 10.2 Å². The number of ether oxygens (including phenoxy) is 2. The number of alkyl carbamates (subject to hydrolysis) is 1. The first-order valence-corrected chi connectivity index (χ1v) is 12.2.